The molecule has 0 aliphatic carbocycles. The molecule has 1 atom stereocenters. The van der Waals surface area contributed by atoms with E-state index in [1.807, 2.05) is 38.9 Å². The molecule has 0 N–H and O–H groups in total. The van der Waals surface area contributed by atoms with Crippen molar-refractivity contribution in [1.29, 1.82) is 0 Å². The molecule has 1 unspecified atom stereocenters. The van der Waals surface area contributed by atoms with Gasteiger partial charge in [0.2, 0.25) is 0 Å². The van der Waals surface area contributed by atoms with E-state index in [-0.39, 0.29) is 0 Å². The van der Waals surface area contributed by atoms with Crippen LogP contribution in [0.2, 0.25) is 0 Å². The lowest BCUT2D eigenvalue weighted by Gasteiger charge is -2.18. The maximum absolute atomic E-state index is 12.6. The van der Waals surface area contributed by atoms with Crippen molar-refractivity contribution in [3.63, 3.8) is 0 Å². The molecule has 3 nitrogen and oxygen atoms in total. The van der Waals surface area contributed by atoms with Crippen molar-refractivity contribution in [2.45, 2.75) is 13.5 Å². The van der Waals surface area contributed by atoms with Gasteiger partial charge in [0.1, 0.15) is 0 Å². The van der Waals surface area contributed by atoms with E-state index in [0.29, 0.717) is 0 Å². The Morgan fingerprint density at radius 3 is 2.40 bits per heavy atom. The van der Waals surface area contributed by atoms with Crippen molar-refractivity contribution in [3.05, 3.63) is 65.7 Å². The van der Waals surface area contributed by atoms with Crippen LogP contribution in [-0.4, -0.2) is 21.6 Å². The first-order valence-electron chi connectivity index (χ1n) is 6.79. The average Bonchev–Trinajstić information content (AvgIpc) is 2.83. The predicted molar refractivity (Wildman–Crippen MR) is 83.5 cm³/mol. The summed E-state index contributed by atoms with van der Waals surface area (Å²) >= 11 is -1.09. The summed E-state index contributed by atoms with van der Waals surface area (Å²) in [4.78, 5) is 0. The van der Waals surface area contributed by atoms with Crippen LogP contribution in [0.15, 0.2) is 54.6 Å². The minimum Gasteiger partial charge on any atom is -0.278 e. The smallest absolute Gasteiger partial charge is 0.199 e. The minimum atomic E-state index is -1.09. The normalized spacial score (nSPS) is 19.4. The van der Waals surface area contributed by atoms with Crippen LogP contribution in [0, 0.1) is 6.92 Å². The van der Waals surface area contributed by atoms with Gasteiger partial charge >= 0.3 is 0 Å². The quantitative estimate of drug-likeness (QED) is 0.851. The van der Waals surface area contributed by atoms with E-state index in [4.69, 9.17) is 0 Å². The lowest BCUT2D eigenvalue weighted by molar-refractivity contribution is 0.480. The summed E-state index contributed by atoms with van der Waals surface area (Å²) < 4.78 is 16.5. The second-order valence-electron chi connectivity index (χ2n) is 5.02. The lowest BCUT2D eigenvalue weighted by atomic mass is 10.2. The highest BCUT2D eigenvalue weighted by Crippen LogP contribution is 2.23. The van der Waals surface area contributed by atoms with Gasteiger partial charge in [-0.3, -0.25) is 4.31 Å². The molecule has 1 saturated heterocycles. The molecule has 20 heavy (non-hydrogen) atoms. The zero-order chi connectivity index (χ0) is 13.9. The summed E-state index contributed by atoms with van der Waals surface area (Å²) in [5.41, 5.74) is 3.45. The van der Waals surface area contributed by atoms with E-state index in [9.17, 15) is 4.21 Å². The van der Waals surface area contributed by atoms with Crippen LogP contribution in [0.4, 0.5) is 5.69 Å². The molecule has 1 aliphatic rings. The van der Waals surface area contributed by atoms with Crippen LogP contribution in [0.3, 0.4) is 0 Å². The van der Waals surface area contributed by atoms with E-state index in [0.717, 1.165) is 25.3 Å². The SMILES string of the molecule is Cc1ccc(N2CCN(Cc3ccccc3)S2=O)cc1. The third kappa shape index (κ3) is 2.76. The lowest BCUT2D eigenvalue weighted by Crippen LogP contribution is -2.26. The van der Waals surface area contributed by atoms with Gasteiger partial charge in [-0.1, -0.05) is 48.0 Å². The molecule has 0 aromatic heterocycles. The summed E-state index contributed by atoms with van der Waals surface area (Å²) in [5, 5.41) is 0. The third-order valence-corrected chi connectivity index (χ3v) is 5.01. The molecule has 0 radical (unpaired) electrons. The van der Waals surface area contributed by atoms with Crippen LogP contribution >= 0.6 is 0 Å². The number of aryl methyl sites for hydroxylation is 1. The summed E-state index contributed by atoms with van der Waals surface area (Å²) in [5.74, 6) is 0. The zero-order valence-electron chi connectivity index (χ0n) is 11.5. The summed E-state index contributed by atoms with van der Waals surface area (Å²) in [6, 6.07) is 18.4. The molecule has 1 fully saturated rings. The van der Waals surface area contributed by atoms with Gasteiger partial charge in [-0.2, -0.15) is 0 Å². The molecule has 0 bridgehead atoms. The van der Waals surface area contributed by atoms with E-state index in [1.54, 1.807) is 0 Å². The maximum Gasteiger partial charge on any atom is 0.199 e. The van der Waals surface area contributed by atoms with Crippen LogP contribution in [0.25, 0.3) is 0 Å². The Labute approximate surface area is 122 Å². The molecule has 0 amide bonds. The van der Waals surface area contributed by atoms with Crippen molar-refractivity contribution in [3.8, 4) is 0 Å². The molecule has 0 spiro atoms. The van der Waals surface area contributed by atoms with E-state index >= 15 is 0 Å². The molecule has 3 rings (SSSR count). The Balaban J connectivity index is 1.72. The highest BCUT2D eigenvalue weighted by Gasteiger charge is 2.28. The first-order valence-corrected chi connectivity index (χ1v) is 7.85. The number of hydrogen-bond donors (Lipinski definition) is 0. The Hall–Kier alpha value is -1.65. The first-order chi connectivity index (χ1) is 9.74. The van der Waals surface area contributed by atoms with Crippen LogP contribution in [0.1, 0.15) is 11.1 Å². The fraction of sp³-hybridized carbons (Fsp3) is 0.250. The molecule has 2 aromatic rings. The number of nitrogens with zero attached hydrogens (tertiary/aromatic N) is 2. The van der Waals surface area contributed by atoms with Gasteiger partial charge in [0, 0.05) is 19.6 Å². The van der Waals surface area contributed by atoms with Gasteiger partial charge in [-0.15, -0.1) is 0 Å². The van der Waals surface area contributed by atoms with E-state index < -0.39 is 11.2 Å². The second-order valence-corrected chi connectivity index (χ2v) is 6.44. The molecule has 1 aliphatic heterocycles. The molecule has 4 heteroatoms. The minimum absolute atomic E-state index is 0.732. The Morgan fingerprint density at radius 2 is 1.70 bits per heavy atom. The zero-order valence-corrected chi connectivity index (χ0v) is 12.3. The largest absolute Gasteiger partial charge is 0.278 e. The molecule has 1 heterocycles. The standard InChI is InChI=1S/C16H18N2OS/c1-14-7-9-16(10-8-14)18-12-11-17(20(18)19)13-15-5-3-2-4-6-15/h2-10H,11-13H2,1H3. The fourth-order valence-corrected chi connectivity index (χ4v) is 3.67. The Bertz CT molecular complexity index is 598. The maximum atomic E-state index is 12.6. The average molecular weight is 286 g/mol. The third-order valence-electron chi connectivity index (χ3n) is 3.49. The molecule has 0 saturated carbocycles. The Morgan fingerprint density at radius 1 is 1.00 bits per heavy atom. The van der Waals surface area contributed by atoms with Gasteiger partial charge < -0.3 is 0 Å². The monoisotopic (exact) mass is 286 g/mol. The van der Waals surface area contributed by atoms with Crippen LogP contribution < -0.4 is 4.31 Å². The number of benzene rings is 2. The van der Waals surface area contributed by atoms with E-state index in [2.05, 4.69) is 31.2 Å². The van der Waals surface area contributed by atoms with Crippen molar-refractivity contribution >= 4 is 16.9 Å². The fourth-order valence-electron chi connectivity index (χ4n) is 2.35. The van der Waals surface area contributed by atoms with Gasteiger partial charge in [0.05, 0.1) is 5.69 Å². The predicted octanol–water partition coefficient (Wildman–Crippen LogP) is 2.90. The van der Waals surface area contributed by atoms with E-state index in [1.165, 1.54) is 11.1 Å². The summed E-state index contributed by atoms with van der Waals surface area (Å²) in [6.07, 6.45) is 0. The van der Waals surface area contributed by atoms with Gasteiger partial charge in [0.25, 0.3) is 0 Å². The second kappa shape index (κ2) is 5.77. The number of hydrogen-bond acceptors (Lipinski definition) is 1. The van der Waals surface area contributed by atoms with Crippen LogP contribution in [0.5, 0.6) is 0 Å². The first kappa shape index (κ1) is 13.3. The Kier molecular flexibility index (Phi) is 3.85. The van der Waals surface area contributed by atoms with Crippen molar-refractivity contribution in [2.24, 2.45) is 0 Å². The van der Waals surface area contributed by atoms with Crippen molar-refractivity contribution in [2.75, 3.05) is 17.4 Å². The van der Waals surface area contributed by atoms with Crippen molar-refractivity contribution in [1.82, 2.24) is 4.31 Å². The number of anilines is 1. The van der Waals surface area contributed by atoms with Crippen molar-refractivity contribution < 1.29 is 4.21 Å². The number of rotatable bonds is 3. The van der Waals surface area contributed by atoms with Gasteiger partial charge in [-0.05, 0) is 24.6 Å². The van der Waals surface area contributed by atoms with Gasteiger partial charge in [-0.25, -0.2) is 8.51 Å². The van der Waals surface area contributed by atoms with Crippen LogP contribution in [-0.2, 0) is 17.7 Å². The molecular formula is C16H18N2OS. The summed E-state index contributed by atoms with van der Waals surface area (Å²) in [6.45, 7) is 4.43. The van der Waals surface area contributed by atoms with Gasteiger partial charge in [0.15, 0.2) is 11.2 Å². The highest BCUT2D eigenvalue weighted by atomic mass is 32.2. The summed E-state index contributed by atoms with van der Waals surface area (Å²) in [7, 11) is 0. The molecule has 104 valence electrons. The molecule has 2 aromatic carbocycles. The highest BCUT2D eigenvalue weighted by molar-refractivity contribution is 7.84. The molecular weight excluding hydrogens is 268 g/mol. The topological polar surface area (TPSA) is 23.6 Å².